The second-order valence-electron chi connectivity index (χ2n) is 10.1. The summed E-state index contributed by atoms with van der Waals surface area (Å²) in [5.74, 6) is -0.909. The van der Waals surface area contributed by atoms with Crippen LogP contribution in [0.1, 0.15) is 77.5 Å². The molecule has 3 heterocycles. The van der Waals surface area contributed by atoms with Crippen molar-refractivity contribution in [1.82, 2.24) is 14.8 Å². The normalized spacial score (nSPS) is 14.2. The molecular weight excluding hydrogens is 502 g/mol. The molecule has 0 saturated heterocycles. The standard InChI is InChI=1S/C33H27N3O4/c1-3-35-30(37)25-12-7-21(17-27(25)32(35)39)15-20-5-10-24(11-6-20)29-14-9-23(19-34-29)16-22-8-13-26-28(18-22)33(40)36(4-2)31(26)38/h5-14,17-19H,3-4,15-16H2,1-2H3. The molecule has 0 bridgehead atoms. The second-order valence-corrected chi connectivity index (χ2v) is 10.1. The molecule has 0 unspecified atom stereocenters. The zero-order valence-electron chi connectivity index (χ0n) is 22.3. The third-order valence-corrected chi connectivity index (χ3v) is 7.59. The van der Waals surface area contributed by atoms with E-state index in [0.29, 0.717) is 48.2 Å². The summed E-state index contributed by atoms with van der Waals surface area (Å²) in [5.41, 5.74) is 7.77. The molecule has 7 nitrogen and oxygen atoms in total. The number of benzene rings is 3. The highest BCUT2D eigenvalue weighted by molar-refractivity contribution is 6.22. The molecule has 4 aromatic rings. The lowest BCUT2D eigenvalue weighted by Crippen LogP contribution is -2.29. The molecule has 198 valence electrons. The number of imide groups is 2. The SMILES string of the molecule is CCN1C(=O)c2ccc(Cc3ccc(-c4ccc(Cc5ccc6c(c5)C(=O)N(CC)C6=O)cn4)cc3)cc2C1=O. The molecule has 0 radical (unpaired) electrons. The number of hydrogen-bond donors (Lipinski definition) is 0. The molecule has 0 saturated carbocycles. The maximum absolute atomic E-state index is 12.5. The zero-order valence-corrected chi connectivity index (χ0v) is 22.3. The third kappa shape index (κ3) is 4.29. The first-order chi connectivity index (χ1) is 19.4. The minimum atomic E-state index is -0.232. The maximum Gasteiger partial charge on any atom is 0.261 e. The highest BCUT2D eigenvalue weighted by Gasteiger charge is 2.35. The molecule has 2 aliphatic rings. The summed E-state index contributed by atoms with van der Waals surface area (Å²) >= 11 is 0. The topological polar surface area (TPSA) is 87.7 Å². The monoisotopic (exact) mass is 529 g/mol. The number of carbonyl (C=O) groups excluding carboxylic acids is 4. The van der Waals surface area contributed by atoms with Crippen molar-refractivity contribution in [3.8, 4) is 11.3 Å². The Bertz CT molecular complexity index is 1560. The number of hydrogen-bond acceptors (Lipinski definition) is 5. The van der Waals surface area contributed by atoms with Crippen LogP contribution in [0.15, 0.2) is 79.0 Å². The summed E-state index contributed by atoms with van der Waals surface area (Å²) in [6.07, 6.45) is 3.10. The number of fused-ring (bicyclic) bond motifs is 2. The van der Waals surface area contributed by atoms with Crippen LogP contribution in [0.2, 0.25) is 0 Å². The van der Waals surface area contributed by atoms with Crippen molar-refractivity contribution in [2.75, 3.05) is 13.1 Å². The van der Waals surface area contributed by atoms with Crippen LogP contribution >= 0.6 is 0 Å². The maximum atomic E-state index is 12.5. The fourth-order valence-corrected chi connectivity index (χ4v) is 5.43. The van der Waals surface area contributed by atoms with Gasteiger partial charge in [0.05, 0.1) is 27.9 Å². The molecule has 2 aliphatic heterocycles. The van der Waals surface area contributed by atoms with Crippen LogP contribution in [0.25, 0.3) is 11.3 Å². The molecule has 1 aromatic heterocycles. The van der Waals surface area contributed by atoms with Crippen LogP contribution in [-0.4, -0.2) is 51.5 Å². The zero-order chi connectivity index (χ0) is 28.0. The minimum Gasteiger partial charge on any atom is -0.275 e. The highest BCUT2D eigenvalue weighted by Crippen LogP contribution is 2.27. The molecule has 0 spiro atoms. The van der Waals surface area contributed by atoms with Gasteiger partial charge in [0.25, 0.3) is 23.6 Å². The van der Waals surface area contributed by atoms with Crippen LogP contribution < -0.4 is 0 Å². The van der Waals surface area contributed by atoms with E-state index < -0.39 is 0 Å². The largest absolute Gasteiger partial charge is 0.275 e. The fourth-order valence-electron chi connectivity index (χ4n) is 5.43. The smallest absolute Gasteiger partial charge is 0.261 e. The van der Waals surface area contributed by atoms with Gasteiger partial charge in [0.1, 0.15) is 0 Å². The van der Waals surface area contributed by atoms with Gasteiger partial charge in [-0.05, 0) is 79.3 Å². The summed E-state index contributed by atoms with van der Waals surface area (Å²) in [4.78, 5) is 57.0. The van der Waals surface area contributed by atoms with Gasteiger partial charge in [-0.1, -0.05) is 42.5 Å². The molecule has 7 heteroatoms. The van der Waals surface area contributed by atoms with Gasteiger partial charge in [0, 0.05) is 24.8 Å². The van der Waals surface area contributed by atoms with Crippen molar-refractivity contribution in [3.63, 3.8) is 0 Å². The molecule has 0 fully saturated rings. The Morgan fingerprint density at radius 3 is 1.45 bits per heavy atom. The molecule has 0 atom stereocenters. The molecule has 0 N–H and O–H groups in total. The number of amides is 4. The summed E-state index contributed by atoms with van der Waals surface area (Å²) in [6.45, 7) is 4.33. The number of carbonyl (C=O) groups is 4. The first-order valence-corrected chi connectivity index (χ1v) is 13.4. The van der Waals surface area contributed by atoms with Crippen molar-refractivity contribution in [3.05, 3.63) is 124 Å². The van der Waals surface area contributed by atoms with E-state index in [9.17, 15) is 19.2 Å². The summed E-state index contributed by atoms with van der Waals surface area (Å²) in [7, 11) is 0. The average Bonchev–Trinajstić information content (AvgIpc) is 3.36. The van der Waals surface area contributed by atoms with Crippen LogP contribution in [0, 0.1) is 0 Å². The van der Waals surface area contributed by atoms with Crippen molar-refractivity contribution < 1.29 is 19.2 Å². The Morgan fingerprint density at radius 1 is 0.525 bits per heavy atom. The van der Waals surface area contributed by atoms with E-state index in [4.69, 9.17) is 0 Å². The predicted molar refractivity (Wildman–Crippen MR) is 150 cm³/mol. The van der Waals surface area contributed by atoms with Crippen LogP contribution in [0.4, 0.5) is 0 Å². The Hall–Kier alpha value is -4.91. The second kappa shape index (κ2) is 10.0. The molecule has 4 amide bonds. The van der Waals surface area contributed by atoms with Crippen molar-refractivity contribution >= 4 is 23.6 Å². The molecule has 6 rings (SSSR count). The van der Waals surface area contributed by atoms with Crippen LogP contribution in [0.3, 0.4) is 0 Å². The van der Waals surface area contributed by atoms with Gasteiger partial charge >= 0.3 is 0 Å². The molecule has 0 aliphatic carbocycles. The minimum absolute atomic E-state index is 0.223. The van der Waals surface area contributed by atoms with Gasteiger partial charge < -0.3 is 0 Å². The van der Waals surface area contributed by atoms with Gasteiger partial charge in [0.15, 0.2) is 0 Å². The van der Waals surface area contributed by atoms with E-state index in [1.54, 1.807) is 26.0 Å². The quantitative estimate of drug-likeness (QED) is 0.309. The molecule has 3 aromatic carbocycles. The van der Waals surface area contributed by atoms with Gasteiger partial charge in [0.2, 0.25) is 0 Å². The number of rotatable bonds is 7. The Morgan fingerprint density at radius 2 is 0.975 bits per heavy atom. The van der Waals surface area contributed by atoms with E-state index in [-0.39, 0.29) is 23.6 Å². The first kappa shape index (κ1) is 25.4. The average molecular weight is 530 g/mol. The summed E-state index contributed by atoms with van der Waals surface area (Å²) < 4.78 is 0. The third-order valence-electron chi connectivity index (χ3n) is 7.59. The van der Waals surface area contributed by atoms with Crippen LogP contribution in [-0.2, 0) is 12.8 Å². The number of aromatic nitrogens is 1. The lowest BCUT2D eigenvalue weighted by molar-refractivity contribution is 0.0647. The lowest BCUT2D eigenvalue weighted by atomic mass is 9.98. The lowest BCUT2D eigenvalue weighted by Gasteiger charge is -2.08. The summed E-state index contributed by atoms with van der Waals surface area (Å²) in [6, 6.07) is 23.1. The Labute approximate surface area is 232 Å². The van der Waals surface area contributed by atoms with Gasteiger partial charge in [-0.15, -0.1) is 0 Å². The van der Waals surface area contributed by atoms with Gasteiger partial charge in [-0.3, -0.25) is 34.0 Å². The molecule has 40 heavy (non-hydrogen) atoms. The van der Waals surface area contributed by atoms with Crippen molar-refractivity contribution in [2.45, 2.75) is 26.7 Å². The van der Waals surface area contributed by atoms with Gasteiger partial charge in [-0.25, -0.2) is 0 Å². The number of pyridine rings is 1. The highest BCUT2D eigenvalue weighted by atomic mass is 16.2. The number of nitrogens with zero attached hydrogens (tertiary/aromatic N) is 3. The van der Waals surface area contributed by atoms with Crippen LogP contribution in [0.5, 0.6) is 0 Å². The fraction of sp³-hybridized carbons (Fsp3) is 0.182. The van der Waals surface area contributed by atoms with Crippen molar-refractivity contribution in [2.24, 2.45) is 0 Å². The van der Waals surface area contributed by atoms with Gasteiger partial charge in [-0.2, -0.15) is 0 Å². The van der Waals surface area contributed by atoms with E-state index in [1.807, 2.05) is 66.9 Å². The summed E-state index contributed by atoms with van der Waals surface area (Å²) in [5, 5.41) is 0. The predicted octanol–water partition coefficient (Wildman–Crippen LogP) is 5.16. The Balaban J connectivity index is 1.13. The Kier molecular flexibility index (Phi) is 6.34. The van der Waals surface area contributed by atoms with E-state index in [2.05, 4.69) is 4.98 Å². The first-order valence-electron chi connectivity index (χ1n) is 13.4. The van der Waals surface area contributed by atoms with E-state index in [0.717, 1.165) is 33.5 Å². The molecular formula is C33H27N3O4. The van der Waals surface area contributed by atoms with E-state index in [1.165, 1.54) is 9.80 Å². The van der Waals surface area contributed by atoms with Crippen molar-refractivity contribution in [1.29, 1.82) is 0 Å². The van der Waals surface area contributed by atoms with E-state index >= 15 is 0 Å².